The van der Waals surface area contributed by atoms with Gasteiger partial charge in [0, 0.05) is 0 Å². The Morgan fingerprint density at radius 2 is 2.07 bits per heavy atom. The normalized spacial score (nSPS) is 10.4. The fourth-order valence-corrected chi connectivity index (χ4v) is 2.45. The maximum absolute atomic E-state index is 5.48. The SMILES string of the molecule is COc1c(Br)cc(C)cc1CCCCN. The molecule has 0 amide bonds. The van der Waals surface area contributed by atoms with Gasteiger partial charge in [0.2, 0.25) is 0 Å². The summed E-state index contributed by atoms with van der Waals surface area (Å²) in [5, 5.41) is 0. The molecule has 0 atom stereocenters. The second-order valence-corrected chi connectivity index (χ2v) is 4.54. The van der Waals surface area contributed by atoms with Crippen molar-refractivity contribution in [3.63, 3.8) is 0 Å². The molecule has 0 aliphatic carbocycles. The summed E-state index contributed by atoms with van der Waals surface area (Å²) in [6, 6.07) is 4.26. The molecule has 0 saturated carbocycles. The molecule has 0 spiro atoms. The van der Waals surface area contributed by atoms with Crippen LogP contribution in [0.2, 0.25) is 0 Å². The van der Waals surface area contributed by atoms with E-state index in [-0.39, 0.29) is 0 Å². The molecule has 0 radical (unpaired) electrons. The lowest BCUT2D eigenvalue weighted by molar-refractivity contribution is 0.406. The van der Waals surface area contributed by atoms with Gasteiger partial charge in [0.25, 0.3) is 0 Å². The van der Waals surface area contributed by atoms with E-state index in [0.29, 0.717) is 0 Å². The molecule has 1 rings (SSSR count). The smallest absolute Gasteiger partial charge is 0.136 e. The summed E-state index contributed by atoms with van der Waals surface area (Å²) in [5.74, 6) is 0.956. The van der Waals surface area contributed by atoms with Crippen LogP contribution in [0.25, 0.3) is 0 Å². The molecule has 0 aliphatic heterocycles. The first-order chi connectivity index (χ1) is 7.19. The highest BCUT2D eigenvalue weighted by Crippen LogP contribution is 2.31. The van der Waals surface area contributed by atoms with Crippen molar-refractivity contribution < 1.29 is 4.74 Å². The highest BCUT2D eigenvalue weighted by atomic mass is 79.9. The molecule has 0 heterocycles. The van der Waals surface area contributed by atoms with Crippen LogP contribution in [0.4, 0.5) is 0 Å². The number of nitrogens with two attached hydrogens (primary N) is 1. The zero-order valence-corrected chi connectivity index (χ0v) is 10.9. The van der Waals surface area contributed by atoms with Crippen LogP contribution in [0.15, 0.2) is 16.6 Å². The first-order valence-corrected chi connectivity index (χ1v) is 6.01. The van der Waals surface area contributed by atoms with Gasteiger partial charge in [-0.2, -0.15) is 0 Å². The van der Waals surface area contributed by atoms with Gasteiger partial charge in [-0.25, -0.2) is 0 Å². The van der Waals surface area contributed by atoms with Crippen molar-refractivity contribution >= 4 is 15.9 Å². The van der Waals surface area contributed by atoms with Crippen LogP contribution in [0.1, 0.15) is 24.0 Å². The topological polar surface area (TPSA) is 35.2 Å². The molecule has 0 unspecified atom stereocenters. The molecule has 0 saturated heterocycles. The van der Waals surface area contributed by atoms with Crippen LogP contribution >= 0.6 is 15.9 Å². The number of ether oxygens (including phenoxy) is 1. The lowest BCUT2D eigenvalue weighted by Crippen LogP contribution is -2.00. The number of rotatable bonds is 5. The maximum Gasteiger partial charge on any atom is 0.136 e. The Balaban J connectivity index is 2.84. The summed E-state index contributed by atoms with van der Waals surface area (Å²) in [6.07, 6.45) is 3.21. The lowest BCUT2D eigenvalue weighted by Gasteiger charge is -2.11. The molecule has 1 aromatic rings. The highest BCUT2D eigenvalue weighted by Gasteiger charge is 2.07. The minimum Gasteiger partial charge on any atom is -0.495 e. The van der Waals surface area contributed by atoms with E-state index < -0.39 is 0 Å². The van der Waals surface area contributed by atoms with Crippen molar-refractivity contribution in [2.75, 3.05) is 13.7 Å². The number of methoxy groups -OCH3 is 1. The van der Waals surface area contributed by atoms with E-state index >= 15 is 0 Å². The lowest BCUT2D eigenvalue weighted by atomic mass is 10.0. The number of unbranched alkanes of at least 4 members (excludes halogenated alkanes) is 1. The second kappa shape index (κ2) is 6.13. The molecule has 0 aliphatic rings. The van der Waals surface area contributed by atoms with E-state index in [1.165, 1.54) is 11.1 Å². The molecule has 0 fully saturated rings. The Kier molecular flexibility index (Phi) is 5.12. The Hall–Kier alpha value is -0.540. The summed E-state index contributed by atoms with van der Waals surface area (Å²) in [5.41, 5.74) is 8.00. The minimum absolute atomic E-state index is 0.759. The van der Waals surface area contributed by atoms with E-state index in [2.05, 4.69) is 35.0 Å². The Labute approximate surface area is 99.9 Å². The van der Waals surface area contributed by atoms with Crippen molar-refractivity contribution in [3.05, 3.63) is 27.7 Å². The van der Waals surface area contributed by atoms with Gasteiger partial charge in [-0.1, -0.05) is 6.07 Å². The second-order valence-electron chi connectivity index (χ2n) is 3.68. The van der Waals surface area contributed by atoms with E-state index in [1.807, 2.05) is 0 Å². The van der Waals surface area contributed by atoms with Crippen molar-refractivity contribution in [2.45, 2.75) is 26.2 Å². The molecule has 2 N–H and O–H groups in total. The van der Waals surface area contributed by atoms with Gasteiger partial charge in [-0.05, 0) is 65.9 Å². The monoisotopic (exact) mass is 271 g/mol. The number of hydrogen-bond acceptors (Lipinski definition) is 2. The van der Waals surface area contributed by atoms with Crippen LogP contribution in [-0.4, -0.2) is 13.7 Å². The summed E-state index contributed by atoms with van der Waals surface area (Å²) in [7, 11) is 1.71. The molecule has 84 valence electrons. The van der Waals surface area contributed by atoms with Gasteiger partial charge in [0.15, 0.2) is 0 Å². The molecule has 15 heavy (non-hydrogen) atoms. The molecule has 2 nitrogen and oxygen atoms in total. The zero-order chi connectivity index (χ0) is 11.3. The maximum atomic E-state index is 5.48. The van der Waals surface area contributed by atoms with E-state index in [9.17, 15) is 0 Å². The van der Waals surface area contributed by atoms with Gasteiger partial charge < -0.3 is 10.5 Å². The van der Waals surface area contributed by atoms with Crippen molar-refractivity contribution in [1.29, 1.82) is 0 Å². The third-order valence-electron chi connectivity index (χ3n) is 2.37. The minimum atomic E-state index is 0.759. The van der Waals surface area contributed by atoms with E-state index in [4.69, 9.17) is 10.5 Å². The van der Waals surface area contributed by atoms with Gasteiger partial charge in [0.05, 0.1) is 11.6 Å². The number of halogens is 1. The number of hydrogen-bond donors (Lipinski definition) is 1. The van der Waals surface area contributed by atoms with Crippen molar-refractivity contribution in [1.82, 2.24) is 0 Å². The summed E-state index contributed by atoms with van der Waals surface area (Å²) in [6.45, 7) is 2.85. The predicted molar refractivity (Wildman–Crippen MR) is 67.4 cm³/mol. The van der Waals surface area contributed by atoms with E-state index in [0.717, 1.165) is 36.0 Å². The van der Waals surface area contributed by atoms with Crippen LogP contribution in [-0.2, 0) is 6.42 Å². The molecule has 3 heteroatoms. The molecule has 0 bridgehead atoms. The molecule has 1 aromatic carbocycles. The molecule has 0 aromatic heterocycles. The fourth-order valence-electron chi connectivity index (χ4n) is 1.67. The van der Waals surface area contributed by atoms with Gasteiger partial charge >= 0.3 is 0 Å². The zero-order valence-electron chi connectivity index (χ0n) is 9.35. The Morgan fingerprint density at radius 1 is 1.33 bits per heavy atom. The summed E-state index contributed by atoms with van der Waals surface area (Å²) in [4.78, 5) is 0. The van der Waals surface area contributed by atoms with E-state index in [1.54, 1.807) is 7.11 Å². The summed E-state index contributed by atoms with van der Waals surface area (Å²) >= 11 is 3.52. The Morgan fingerprint density at radius 3 is 2.67 bits per heavy atom. The summed E-state index contributed by atoms with van der Waals surface area (Å²) < 4.78 is 6.42. The largest absolute Gasteiger partial charge is 0.495 e. The third-order valence-corrected chi connectivity index (χ3v) is 2.96. The van der Waals surface area contributed by atoms with Gasteiger partial charge in [-0.3, -0.25) is 0 Å². The standard InChI is InChI=1S/C12H18BrNO/c1-9-7-10(5-3-4-6-14)12(15-2)11(13)8-9/h7-8H,3-6,14H2,1-2H3. The van der Waals surface area contributed by atoms with Crippen LogP contribution in [0.3, 0.4) is 0 Å². The average molecular weight is 272 g/mol. The Bertz CT molecular complexity index is 326. The first kappa shape index (κ1) is 12.5. The number of benzene rings is 1. The predicted octanol–water partition coefficient (Wildman–Crippen LogP) is 3.05. The average Bonchev–Trinajstić information content (AvgIpc) is 2.17. The van der Waals surface area contributed by atoms with Crippen molar-refractivity contribution in [2.24, 2.45) is 5.73 Å². The van der Waals surface area contributed by atoms with Gasteiger partial charge in [0.1, 0.15) is 5.75 Å². The highest BCUT2D eigenvalue weighted by molar-refractivity contribution is 9.10. The third kappa shape index (κ3) is 3.50. The van der Waals surface area contributed by atoms with Gasteiger partial charge in [-0.15, -0.1) is 0 Å². The molecular weight excluding hydrogens is 254 g/mol. The quantitative estimate of drug-likeness (QED) is 0.836. The van der Waals surface area contributed by atoms with Crippen LogP contribution in [0, 0.1) is 6.92 Å². The molecular formula is C12H18BrNO. The number of aryl methyl sites for hydroxylation is 2. The first-order valence-electron chi connectivity index (χ1n) is 5.22. The van der Waals surface area contributed by atoms with Crippen LogP contribution in [0.5, 0.6) is 5.75 Å². The fraction of sp³-hybridized carbons (Fsp3) is 0.500. The van der Waals surface area contributed by atoms with Crippen LogP contribution < -0.4 is 10.5 Å². The van der Waals surface area contributed by atoms with Crippen molar-refractivity contribution in [3.8, 4) is 5.75 Å².